The second-order valence-electron chi connectivity index (χ2n) is 4.72. The summed E-state index contributed by atoms with van der Waals surface area (Å²) in [5.41, 5.74) is -0.731. The van der Waals surface area contributed by atoms with E-state index < -0.39 is 24.5 Å². The Morgan fingerprint density at radius 3 is 2.57 bits per heavy atom. The largest absolute Gasteiger partial charge is 0.480 e. The van der Waals surface area contributed by atoms with Crippen LogP contribution in [0.4, 0.5) is 8.78 Å². The van der Waals surface area contributed by atoms with E-state index in [2.05, 4.69) is 5.32 Å². The van der Waals surface area contributed by atoms with Crippen molar-refractivity contribution in [3.63, 3.8) is 0 Å². The molecular formula is C15H21F2NO3. The van der Waals surface area contributed by atoms with E-state index in [1.165, 1.54) is 0 Å². The van der Waals surface area contributed by atoms with E-state index in [1.54, 1.807) is 30.3 Å². The van der Waals surface area contributed by atoms with Crippen LogP contribution in [0.2, 0.25) is 0 Å². The van der Waals surface area contributed by atoms with Crippen LogP contribution in [0.25, 0.3) is 0 Å². The molecule has 0 bridgehead atoms. The maximum absolute atomic E-state index is 12.1. The molecule has 1 rings (SSSR count). The average Bonchev–Trinajstić information content (AvgIpc) is 2.47. The number of ether oxygens (including phenoxy) is 1. The molecule has 0 spiro atoms. The molecule has 0 heterocycles. The Labute approximate surface area is 123 Å². The van der Waals surface area contributed by atoms with Gasteiger partial charge in [-0.15, -0.1) is 0 Å². The van der Waals surface area contributed by atoms with Crippen molar-refractivity contribution in [3.05, 3.63) is 35.9 Å². The molecule has 1 aromatic rings. The highest BCUT2D eigenvalue weighted by atomic mass is 19.3. The number of carboxylic acid groups (broad SMARTS) is 1. The number of benzene rings is 1. The molecule has 0 saturated heterocycles. The molecule has 21 heavy (non-hydrogen) atoms. The first-order chi connectivity index (χ1) is 10.0. The zero-order valence-electron chi connectivity index (χ0n) is 12.0. The predicted molar refractivity (Wildman–Crippen MR) is 75.5 cm³/mol. The van der Waals surface area contributed by atoms with Crippen LogP contribution >= 0.6 is 0 Å². The van der Waals surface area contributed by atoms with Gasteiger partial charge in [0.2, 0.25) is 0 Å². The highest BCUT2D eigenvalue weighted by Crippen LogP contribution is 2.26. The summed E-state index contributed by atoms with van der Waals surface area (Å²) in [5.74, 6) is -1.04. The third kappa shape index (κ3) is 5.06. The van der Waals surface area contributed by atoms with Crippen molar-refractivity contribution in [2.24, 2.45) is 0 Å². The van der Waals surface area contributed by atoms with Crippen molar-refractivity contribution >= 4 is 5.97 Å². The molecule has 6 heteroatoms. The lowest BCUT2D eigenvalue weighted by molar-refractivity contribution is -0.146. The third-order valence-electron chi connectivity index (χ3n) is 3.17. The van der Waals surface area contributed by atoms with Gasteiger partial charge >= 0.3 is 5.97 Å². The van der Waals surface area contributed by atoms with Crippen molar-refractivity contribution in [3.8, 4) is 0 Å². The quantitative estimate of drug-likeness (QED) is 0.652. The minimum Gasteiger partial charge on any atom is -0.480 e. The number of carbonyl (C=O) groups is 1. The van der Waals surface area contributed by atoms with E-state index in [-0.39, 0.29) is 13.0 Å². The molecule has 0 saturated carbocycles. The van der Waals surface area contributed by atoms with Gasteiger partial charge in [0.15, 0.2) is 0 Å². The van der Waals surface area contributed by atoms with Crippen LogP contribution in [0, 0.1) is 0 Å². The van der Waals surface area contributed by atoms with E-state index in [0.29, 0.717) is 12.1 Å². The number of alkyl halides is 2. The lowest BCUT2D eigenvalue weighted by atomic mass is 9.86. The highest BCUT2D eigenvalue weighted by molar-refractivity contribution is 5.80. The normalized spacial score (nSPS) is 14.1. The molecule has 0 aliphatic carbocycles. The average molecular weight is 301 g/mol. The van der Waals surface area contributed by atoms with Crippen molar-refractivity contribution in [1.82, 2.24) is 5.32 Å². The minimum absolute atomic E-state index is 0.0533. The summed E-state index contributed by atoms with van der Waals surface area (Å²) in [6.07, 6.45) is -1.71. The Morgan fingerprint density at radius 2 is 2.05 bits per heavy atom. The van der Waals surface area contributed by atoms with Crippen LogP contribution in [-0.4, -0.2) is 37.3 Å². The monoisotopic (exact) mass is 301 g/mol. The Bertz CT molecular complexity index is 428. The number of rotatable bonds is 10. The Morgan fingerprint density at radius 1 is 1.38 bits per heavy atom. The van der Waals surface area contributed by atoms with Gasteiger partial charge in [0.1, 0.15) is 12.1 Å². The molecule has 0 amide bonds. The Balaban J connectivity index is 2.88. The number of hydrogen-bond donors (Lipinski definition) is 2. The molecule has 0 aliphatic rings. The van der Waals surface area contributed by atoms with Crippen LogP contribution in [-0.2, 0) is 15.1 Å². The maximum atomic E-state index is 12.1. The van der Waals surface area contributed by atoms with Crippen LogP contribution in [0.15, 0.2) is 30.3 Å². The molecule has 0 aliphatic heterocycles. The summed E-state index contributed by atoms with van der Waals surface area (Å²) in [6, 6.07) is 8.72. The Kier molecular flexibility index (Phi) is 7.25. The van der Waals surface area contributed by atoms with Gasteiger partial charge in [-0.1, -0.05) is 37.3 Å². The fraction of sp³-hybridized carbons (Fsp3) is 0.533. The summed E-state index contributed by atoms with van der Waals surface area (Å²) >= 11 is 0. The molecular weight excluding hydrogens is 280 g/mol. The second kappa shape index (κ2) is 8.69. The van der Waals surface area contributed by atoms with Gasteiger partial charge in [-0.25, -0.2) is 13.6 Å². The molecule has 0 radical (unpaired) electrons. The molecule has 118 valence electrons. The first-order valence-electron chi connectivity index (χ1n) is 6.92. The maximum Gasteiger partial charge on any atom is 0.328 e. The molecule has 1 atom stereocenters. The van der Waals surface area contributed by atoms with Gasteiger partial charge in [0, 0.05) is 13.0 Å². The Hall–Kier alpha value is -1.53. The summed E-state index contributed by atoms with van der Waals surface area (Å²) in [5, 5.41) is 12.7. The smallest absolute Gasteiger partial charge is 0.328 e. The van der Waals surface area contributed by atoms with Crippen LogP contribution in [0.1, 0.15) is 25.3 Å². The highest BCUT2D eigenvalue weighted by Gasteiger charge is 2.39. The predicted octanol–water partition coefficient (Wildman–Crippen LogP) is 2.64. The fourth-order valence-electron chi connectivity index (χ4n) is 2.10. The zero-order chi connectivity index (χ0) is 15.7. The molecule has 0 fully saturated rings. The lowest BCUT2D eigenvalue weighted by Gasteiger charge is -2.31. The zero-order valence-corrected chi connectivity index (χ0v) is 12.0. The van der Waals surface area contributed by atoms with Gasteiger partial charge < -0.3 is 9.84 Å². The molecule has 0 aromatic heterocycles. The molecule has 4 nitrogen and oxygen atoms in total. The number of nitrogens with one attached hydrogen (secondary N) is 1. The van der Waals surface area contributed by atoms with Gasteiger partial charge in [0.25, 0.3) is 6.43 Å². The topological polar surface area (TPSA) is 58.6 Å². The van der Waals surface area contributed by atoms with Crippen LogP contribution in [0.3, 0.4) is 0 Å². The number of hydrogen-bond acceptors (Lipinski definition) is 3. The summed E-state index contributed by atoms with van der Waals surface area (Å²) in [4.78, 5) is 11.8. The van der Waals surface area contributed by atoms with Gasteiger partial charge in [0.05, 0.1) is 0 Å². The molecule has 1 aromatic carbocycles. The molecule has 2 N–H and O–H groups in total. The van der Waals surface area contributed by atoms with Gasteiger partial charge in [-0.2, -0.15) is 0 Å². The number of halogens is 2. The van der Waals surface area contributed by atoms with Crippen LogP contribution < -0.4 is 5.32 Å². The van der Waals surface area contributed by atoms with E-state index in [4.69, 9.17) is 4.74 Å². The minimum atomic E-state index is -2.55. The first kappa shape index (κ1) is 17.5. The summed E-state index contributed by atoms with van der Waals surface area (Å²) in [7, 11) is 0. The first-order valence-corrected chi connectivity index (χ1v) is 6.92. The number of aliphatic carboxylic acids is 1. The van der Waals surface area contributed by atoms with Crippen molar-refractivity contribution in [1.29, 1.82) is 0 Å². The van der Waals surface area contributed by atoms with Gasteiger partial charge in [-0.3, -0.25) is 5.32 Å². The van der Waals surface area contributed by atoms with E-state index in [1.807, 2.05) is 6.92 Å². The summed E-state index contributed by atoms with van der Waals surface area (Å²) in [6.45, 7) is 1.70. The number of carboxylic acids is 1. The summed E-state index contributed by atoms with van der Waals surface area (Å²) < 4.78 is 29.0. The van der Waals surface area contributed by atoms with Crippen molar-refractivity contribution in [2.75, 3.05) is 19.8 Å². The van der Waals surface area contributed by atoms with Crippen molar-refractivity contribution < 1.29 is 23.4 Å². The third-order valence-corrected chi connectivity index (χ3v) is 3.17. The fourth-order valence-corrected chi connectivity index (χ4v) is 2.10. The van der Waals surface area contributed by atoms with Crippen LogP contribution in [0.5, 0.6) is 0 Å². The molecule has 1 unspecified atom stereocenters. The van der Waals surface area contributed by atoms with E-state index in [0.717, 1.165) is 6.42 Å². The van der Waals surface area contributed by atoms with E-state index in [9.17, 15) is 18.7 Å². The second-order valence-corrected chi connectivity index (χ2v) is 4.72. The van der Waals surface area contributed by atoms with Crippen molar-refractivity contribution in [2.45, 2.75) is 31.7 Å². The lowest BCUT2D eigenvalue weighted by Crippen LogP contribution is -2.50. The van der Waals surface area contributed by atoms with Gasteiger partial charge in [-0.05, 0) is 18.5 Å². The standard InChI is InChI=1S/C15H21F2NO3/c1-2-9-18-15(14(19)20,8-10-21-11-13(16)17)12-6-4-3-5-7-12/h3-7,13,18H,2,8-11H2,1H3,(H,19,20). The SMILES string of the molecule is CCCNC(CCOCC(F)F)(C(=O)O)c1ccccc1. The van der Waals surface area contributed by atoms with E-state index >= 15 is 0 Å².